The highest BCUT2D eigenvalue weighted by Crippen LogP contribution is 2.11. The topological polar surface area (TPSA) is 72.3 Å². The van der Waals surface area contributed by atoms with Crippen LogP contribution in [0.15, 0.2) is 12.1 Å². The number of hydrogen-bond donors (Lipinski definition) is 1. The van der Waals surface area contributed by atoms with Crippen molar-refractivity contribution in [2.75, 3.05) is 6.61 Å². The minimum atomic E-state index is -0.326. The Balaban J connectivity index is 0.000000219. The lowest BCUT2D eigenvalue weighted by Crippen LogP contribution is -2.04. The van der Waals surface area contributed by atoms with Crippen molar-refractivity contribution < 1.29 is 14.6 Å². The number of aliphatic hydroxyl groups excluding tert-OH is 1. The molecule has 116 valence electrons. The van der Waals surface area contributed by atoms with Gasteiger partial charge in [-0.2, -0.15) is 8.75 Å². The Hall–Kier alpha value is -1.31. The maximum absolute atomic E-state index is 11.1. The highest BCUT2D eigenvalue weighted by atomic mass is 32.1. The lowest BCUT2D eigenvalue weighted by atomic mass is 10.3. The van der Waals surface area contributed by atoms with Crippen LogP contribution < -0.4 is 0 Å². The molecule has 0 spiro atoms. The second-order valence-electron chi connectivity index (χ2n) is 4.05. The summed E-state index contributed by atoms with van der Waals surface area (Å²) in [4.78, 5) is 13.4. The molecule has 0 bridgehead atoms. The fraction of sp³-hybridized carbons (Fsp3) is 0.500. The molecule has 2 aromatic rings. The Morgan fingerprint density at radius 3 is 2.19 bits per heavy atom. The van der Waals surface area contributed by atoms with E-state index in [0.29, 0.717) is 12.3 Å². The first-order chi connectivity index (χ1) is 10.1. The van der Waals surface area contributed by atoms with Crippen LogP contribution in [-0.4, -0.2) is 26.4 Å². The molecule has 2 heterocycles. The SMILES string of the molecule is CCOC(=O)c1cc(CC)sn1.CCc1cc(CO)ns1. The molecular formula is C14H20N2O3S2. The van der Waals surface area contributed by atoms with Gasteiger partial charge in [0.05, 0.1) is 18.9 Å². The minimum absolute atomic E-state index is 0.0660. The Kier molecular flexibility index (Phi) is 8.11. The fourth-order valence-corrected chi connectivity index (χ4v) is 2.68. The second kappa shape index (κ2) is 9.59. The highest BCUT2D eigenvalue weighted by molar-refractivity contribution is 7.06. The zero-order valence-corrected chi connectivity index (χ0v) is 14.1. The van der Waals surface area contributed by atoms with Gasteiger partial charge in [-0.15, -0.1) is 0 Å². The van der Waals surface area contributed by atoms with Gasteiger partial charge in [-0.25, -0.2) is 4.79 Å². The van der Waals surface area contributed by atoms with E-state index in [1.165, 1.54) is 27.9 Å². The van der Waals surface area contributed by atoms with Crippen LogP contribution in [0.2, 0.25) is 0 Å². The Bertz CT molecular complexity index is 533. The summed E-state index contributed by atoms with van der Waals surface area (Å²) in [6.45, 7) is 6.36. The van der Waals surface area contributed by atoms with Gasteiger partial charge in [0.25, 0.3) is 0 Å². The average Bonchev–Trinajstić information content (AvgIpc) is 3.16. The summed E-state index contributed by atoms with van der Waals surface area (Å²) >= 11 is 2.82. The van der Waals surface area contributed by atoms with E-state index in [4.69, 9.17) is 9.84 Å². The zero-order valence-electron chi connectivity index (χ0n) is 12.5. The zero-order chi connectivity index (χ0) is 15.7. The molecular weight excluding hydrogens is 308 g/mol. The molecule has 0 aliphatic heterocycles. The van der Waals surface area contributed by atoms with Gasteiger partial charge < -0.3 is 9.84 Å². The largest absolute Gasteiger partial charge is 0.461 e. The molecule has 0 unspecified atom stereocenters. The van der Waals surface area contributed by atoms with E-state index in [1.54, 1.807) is 13.0 Å². The standard InChI is InChI=1S/C8H11NO2S.C6H9NOS/c1-3-6-5-7(9-12-6)8(10)11-4-2;1-2-6-3-5(4-8)7-9-6/h5H,3-4H2,1-2H3;3,8H,2,4H2,1H3. The minimum Gasteiger partial charge on any atom is -0.461 e. The number of rotatable bonds is 5. The van der Waals surface area contributed by atoms with Crippen molar-refractivity contribution in [1.82, 2.24) is 8.75 Å². The molecule has 0 amide bonds. The van der Waals surface area contributed by atoms with Gasteiger partial charge in [-0.1, -0.05) is 13.8 Å². The van der Waals surface area contributed by atoms with E-state index in [1.807, 2.05) is 13.0 Å². The van der Waals surface area contributed by atoms with E-state index >= 15 is 0 Å². The maximum atomic E-state index is 11.1. The van der Waals surface area contributed by atoms with E-state index in [0.717, 1.165) is 23.4 Å². The number of ether oxygens (including phenoxy) is 1. The highest BCUT2D eigenvalue weighted by Gasteiger charge is 2.10. The number of aromatic nitrogens is 2. The third-order valence-electron chi connectivity index (χ3n) is 2.51. The lowest BCUT2D eigenvalue weighted by molar-refractivity contribution is 0.0521. The number of carbonyl (C=O) groups is 1. The quantitative estimate of drug-likeness (QED) is 0.854. The monoisotopic (exact) mass is 328 g/mol. The Labute approximate surface area is 132 Å². The van der Waals surface area contributed by atoms with Crippen molar-refractivity contribution in [3.8, 4) is 0 Å². The Morgan fingerprint density at radius 2 is 1.76 bits per heavy atom. The molecule has 0 atom stereocenters. The molecule has 5 nitrogen and oxygen atoms in total. The predicted molar refractivity (Wildman–Crippen MR) is 84.9 cm³/mol. The molecule has 21 heavy (non-hydrogen) atoms. The molecule has 7 heteroatoms. The summed E-state index contributed by atoms with van der Waals surface area (Å²) in [5, 5.41) is 8.59. The predicted octanol–water partition coefficient (Wildman–Crippen LogP) is 3.08. The summed E-state index contributed by atoms with van der Waals surface area (Å²) in [6.07, 6.45) is 1.93. The number of aliphatic hydroxyl groups is 1. The van der Waals surface area contributed by atoms with Gasteiger partial charge in [0, 0.05) is 9.75 Å². The van der Waals surface area contributed by atoms with Crippen molar-refractivity contribution in [2.24, 2.45) is 0 Å². The number of nitrogens with zero attached hydrogens (tertiary/aromatic N) is 2. The molecule has 0 aliphatic rings. The van der Waals surface area contributed by atoms with Crippen LogP contribution in [0.5, 0.6) is 0 Å². The van der Waals surface area contributed by atoms with Crippen LogP contribution in [0.1, 0.15) is 46.7 Å². The van der Waals surface area contributed by atoms with Crippen molar-refractivity contribution >= 4 is 29.0 Å². The van der Waals surface area contributed by atoms with Gasteiger partial charge in [-0.05, 0) is 55.0 Å². The number of esters is 1. The van der Waals surface area contributed by atoms with E-state index in [-0.39, 0.29) is 12.6 Å². The van der Waals surface area contributed by atoms with Crippen LogP contribution >= 0.6 is 23.1 Å². The van der Waals surface area contributed by atoms with Crippen LogP contribution in [0.4, 0.5) is 0 Å². The number of hydrogen-bond acceptors (Lipinski definition) is 7. The first-order valence-corrected chi connectivity index (χ1v) is 8.37. The first-order valence-electron chi connectivity index (χ1n) is 6.82. The molecule has 0 aliphatic carbocycles. The average molecular weight is 328 g/mol. The van der Waals surface area contributed by atoms with Gasteiger partial charge >= 0.3 is 5.97 Å². The van der Waals surface area contributed by atoms with Crippen LogP contribution in [0.3, 0.4) is 0 Å². The molecule has 0 radical (unpaired) electrons. The number of carbonyl (C=O) groups excluding carboxylic acids is 1. The van der Waals surface area contributed by atoms with Crippen LogP contribution in [0.25, 0.3) is 0 Å². The first kappa shape index (κ1) is 17.7. The molecule has 0 aromatic carbocycles. The van der Waals surface area contributed by atoms with Gasteiger partial charge in [-0.3, -0.25) is 0 Å². The van der Waals surface area contributed by atoms with Crippen LogP contribution in [-0.2, 0) is 24.2 Å². The molecule has 0 fully saturated rings. The summed E-state index contributed by atoms with van der Waals surface area (Å²) in [5.41, 5.74) is 1.22. The third kappa shape index (κ3) is 5.91. The van der Waals surface area contributed by atoms with Crippen molar-refractivity contribution in [3.63, 3.8) is 0 Å². The summed E-state index contributed by atoms with van der Waals surface area (Å²) in [5.74, 6) is -0.326. The maximum Gasteiger partial charge on any atom is 0.358 e. The van der Waals surface area contributed by atoms with Gasteiger partial charge in [0.2, 0.25) is 0 Å². The lowest BCUT2D eigenvalue weighted by Gasteiger charge is -1.95. The molecule has 0 saturated heterocycles. The summed E-state index contributed by atoms with van der Waals surface area (Å²) in [6, 6.07) is 3.72. The smallest absolute Gasteiger partial charge is 0.358 e. The van der Waals surface area contributed by atoms with E-state index in [2.05, 4.69) is 15.7 Å². The van der Waals surface area contributed by atoms with E-state index in [9.17, 15) is 4.79 Å². The summed E-state index contributed by atoms with van der Waals surface area (Å²) < 4.78 is 12.8. The molecule has 1 N–H and O–H groups in total. The third-order valence-corrected chi connectivity index (χ3v) is 4.41. The Morgan fingerprint density at radius 1 is 1.14 bits per heavy atom. The van der Waals surface area contributed by atoms with Crippen LogP contribution in [0, 0.1) is 0 Å². The van der Waals surface area contributed by atoms with Crippen molar-refractivity contribution in [3.05, 3.63) is 33.3 Å². The fourth-order valence-electron chi connectivity index (χ4n) is 1.38. The van der Waals surface area contributed by atoms with Gasteiger partial charge in [0.15, 0.2) is 5.69 Å². The summed E-state index contributed by atoms with van der Waals surface area (Å²) in [7, 11) is 0. The molecule has 2 aromatic heterocycles. The van der Waals surface area contributed by atoms with Crippen molar-refractivity contribution in [2.45, 2.75) is 40.2 Å². The second-order valence-corrected chi connectivity index (χ2v) is 5.83. The van der Waals surface area contributed by atoms with E-state index < -0.39 is 0 Å². The number of aryl methyl sites for hydroxylation is 2. The molecule has 0 saturated carbocycles. The molecule has 2 rings (SSSR count). The normalized spacial score (nSPS) is 9.90. The van der Waals surface area contributed by atoms with Crippen molar-refractivity contribution in [1.29, 1.82) is 0 Å². The van der Waals surface area contributed by atoms with Gasteiger partial charge in [0.1, 0.15) is 0 Å².